The van der Waals surface area contributed by atoms with Crippen LogP contribution in [-0.2, 0) is 4.43 Å². The Balaban J connectivity index is 1.68. The number of rotatable bonds is 3. The zero-order valence-electron chi connectivity index (χ0n) is 17.3. The van der Waals surface area contributed by atoms with E-state index in [1.165, 1.54) is 44.9 Å². The molecule has 0 saturated heterocycles. The van der Waals surface area contributed by atoms with Crippen molar-refractivity contribution in [2.45, 2.75) is 103 Å². The average Bonchev–Trinajstić information content (AvgIpc) is 2.94. The van der Waals surface area contributed by atoms with Crippen LogP contribution in [0.2, 0.25) is 19.6 Å². The quantitative estimate of drug-likeness (QED) is 0.539. The van der Waals surface area contributed by atoms with Crippen LogP contribution in [0.3, 0.4) is 0 Å². The summed E-state index contributed by atoms with van der Waals surface area (Å²) in [4.78, 5) is 0. The van der Waals surface area contributed by atoms with Crippen molar-refractivity contribution < 1.29 is 14.6 Å². The van der Waals surface area contributed by atoms with E-state index in [2.05, 4.69) is 26.6 Å². The molecule has 3 nitrogen and oxygen atoms in total. The highest BCUT2D eigenvalue weighted by Gasteiger charge is 2.62. The van der Waals surface area contributed by atoms with E-state index in [-0.39, 0.29) is 11.5 Å². The minimum atomic E-state index is -1.81. The SMILES string of the molecule is C[C@@]12CCC[C@H]1[C@@H]1CC[C@H]3C[C@@H](O)CC[C@]3(C(O)O[Si](C)(C)C)[C@H]1CC2. The van der Waals surface area contributed by atoms with Crippen molar-refractivity contribution in [1.82, 2.24) is 0 Å². The van der Waals surface area contributed by atoms with Gasteiger partial charge in [-0.05, 0) is 107 Å². The fraction of sp³-hybridized carbons (Fsp3) is 1.00. The van der Waals surface area contributed by atoms with Crippen molar-refractivity contribution >= 4 is 8.32 Å². The smallest absolute Gasteiger partial charge is 0.187 e. The van der Waals surface area contributed by atoms with E-state index in [9.17, 15) is 10.2 Å². The maximum atomic E-state index is 11.5. The highest BCUT2D eigenvalue weighted by atomic mass is 28.4. The molecule has 4 aliphatic carbocycles. The van der Waals surface area contributed by atoms with Crippen molar-refractivity contribution in [2.24, 2.45) is 34.5 Å². The monoisotopic (exact) mass is 380 g/mol. The first-order valence-corrected chi connectivity index (χ1v) is 14.6. The van der Waals surface area contributed by atoms with Crippen LogP contribution in [0.5, 0.6) is 0 Å². The second-order valence-corrected chi connectivity index (χ2v) is 15.8. The van der Waals surface area contributed by atoms with Crippen LogP contribution in [0.15, 0.2) is 0 Å². The lowest BCUT2D eigenvalue weighted by molar-refractivity contribution is -0.236. The number of aliphatic hydroxyl groups excluding tert-OH is 2. The highest BCUT2D eigenvalue weighted by molar-refractivity contribution is 6.69. The van der Waals surface area contributed by atoms with Gasteiger partial charge in [-0.1, -0.05) is 13.3 Å². The molecule has 8 atom stereocenters. The Kier molecular flexibility index (Phi) is 4.91. The van der Waals surface area contributed by atoms with Crippen molar-refractivity contribution in [3.05, 3.63) is 0 Å². The number of fused-ring (bicyclic) bond motifs is 5. The first-order valence-electron chi connectivity index (χ1n) is 11.2. The summed E-state index contributed by atoms with van der Waals surface area (Å²) in [6, 6.07) is 0. The topological polar surface area (TPSA) is 49.7 Å². The average molecular weight is 381 g/mol. The maximum absolute atomic E-state index is 11.5. The third kappa shape index (κ3) is 3.03. The molecule has 0 aromatic carbocycles. The third-order valence-electron chi connectivity index (χ3n) is 8.91. The van der Waals surface area contributed by atoms with E-state index < -0.39 is 14.6 Å². The summed E-state index contributed by atoms with van der Waals surface area (Å²) in [7, 11) is -1.81. The van der Waals surface area contributed by atoms with E-state index in [1.54, 1.807) is 0 Å². The standard InChI is InChI=1S/C22H40O3Si/c1-21-11-5-6-18(21)17-8-7-15-14-16(23)9-13-22(15,19(17)10-12-21)20(24)25-26(2,3)4/h15-20,23-24H,5-14H2,1-4H3/t15-,16-,17-,18-,19-,20?,21-,22+/m0/s1. The Morgan fingerprint density at radius 2 is 1.73 bits per heavy atom. The second-order valence-electron chi connectivity index (χ2n) is 11.4. The van der Waals surface area contributed by atoms with Gasteiger partial charge in [0.2, 0.25) is 0 Å². The van der Waals surface area contributed by atoms with E-state index >= 15 is 0 Å². The van der Waals surface area contributed by atoms with Gasteiger partial charge in [0.05, 0.1) is 6.10 Å². The van der Waals surface area contributed by atoms with Gasteiger partial charge in [-0.2, -0.15) is 0 Å². The molecule has 4 fully saturated rings. The summed E-state index contributed by atoms with van der Waals surface area (Å²) in [5.41, 5.74) is 0.445. The van der Waals surface area contributed by atoms with E-state index in [0.29, 0.717) is 17.3 Å². The summed E-state index contributed by atoms with van der Waals surface area (Å²) >= 11 is 0. The fourth-order valence-corrected chi connectivity index (χ4v) is 8.75. The van der Waals surface area contributed by atoms with Gasteiger partial charge in [0.1, 0.15) is 0 Å². The van der Waals surface area contributed by atoms with Crippen LogP contribution in [0.4, 0.5) is 0 Å². The van der Waals surface area contributed by atoms with Crippen LogP contribution >= 0.6 is 0 Å². The molecule has 0 aromatic rings. The molecule has 0 amide bonds. The summed E-state index contributed by atoms with van der Waals surface area (Å²) in [6.07, 6.45) is 11.1. The van der Waals surface area contributed by atoms with Gasteiger partial charge >= 0.3 is 0 Å². The summed E-state index contributed by atoms with van der Waals surface area (Å²) in [5, 5.41) is 21.8. The first kappa shape index (κ1) is 19.4. The molecule has 0 heterocycles. The van der Waals surface area contributed by atoms with Gasteiger partial charge in [-0.25, -0.2) is 0 Å². The van der Waals surface area contributed by atoms with E-state index in [0.717, 1.165) is 31.1 Å². The lowest BCUT2D eigenvalue weighted by Gasteiger charge is -2.62. The Morgan fingerprint density at radius 3 is 2.46 bits per heavy atom. The zero-order chi connectivity index (χ0) is 18.7. The maximum Gasteiger partial charge on any atom is 0.187 e. The van der Waals surface area contributed by atoms with Gasteiger partial charge in [-0.3, -0.25) is 0 Å². The predicted molar refractivity (Wildman–Crippen MR) is 107 cm³/mol. The Labute approximate surface area is 161 Å². The van der Waals surface area contributed by atoms with Gasteiger partial charge in [0.15, 0.2) is 14.6 Å². The Morgan fingerprint density at radius 1 is 0.962 bits per heavy atom. The molecule has 0 spiro atoms. The van der Waals surface area contributed by atoms with Crippen molar-refractivity contribution in [1.29, 1.82) is 0 Å². The number of hydrogen-bond acceptors (Lipinski definition) is 3. The number of aliphatic hydroxyl groups is 2. The molecule has 1 unspecified atom stereocenters. The normalized spacial score (nSPS) is 49.8. The van der Waals surface area contributed by atoms with E-state index in [1.807, 2.05) is 0 Å². The molecule has 4 aliphatic rings. The summed E-state index contributed by atoms with van der Waals surface area (Å²) in [6.45, 7) is 9.11. The van der Waals surface area contributed by atoms with Gasteiger partial charge in [0.25, 0.3) is 0 Å². The molecule has 0 aliphatic heterocycles. The van der Waals surface area contributed by atoms with Gasteiger partial charge < -0.3 is 14.6 Å². The minimum absolute atomic E-state index is 0.105. The third-order valence-corrected chi connectivity index (χ3v) is 9.84. The molecule has 0 bridgehead atoms. The van der Waals surface area contributed by atoms with Gasteiger partial charge in [-0.15, -0.1) is 0 Å². The molecular formula is C22H40O3Si. The lowest BCUT2D eigenvalue weighted by atomic mass is 9.44. The van der Waals surface area contributed by atoms with E-state index in [4.69, 9.17) is 4.43 Å². The van der Waals surface area contributed by atoms with Gasteiger partial charge in [0, 0.05) is 5.41 Å². The fourth-order valence-electron chi connectivity index (χ4n) is 7.86. The predicted octanol–water partition coefficient (Wildman–Crippen LogP) is 4.93. The first-order chi connectivity index (χ1) is 12.2. The molecule has 4 heteroatoms. The van der Waals surface area contributed by atoms with Crippen molar-refractivity contribution in [3.63, 3.8) is 0 Å². The molecule has 4 saturated carbocycles. The zero-order valence-corrected chi connectivity index (χ0v) is 18.3. The molecule has 2 N–H and O–H groups in total. The summed E-state index contributed by atoms with van der Waals surface area (Å²) < 4.78 is 6.37. The Hall–Kier alpha value is 0.0969. The van der Waals surface area contributed by atoms with Crippen LogP contribution in [-0.4, -0.2) is 30.9 Å². The molecule has 26 heavy (non-hydrogen) atoms. The molecular weight excluding hydrogens is 340 g/mol. The highest BCUT2D eigenvalue weighted by Crippen LogP contribution is 2.67. The largest absolute Gasteiger partial charge is 0.393 e. The molecule has 0 aromatic heterocycles. The summed E-state index contributed by atoms with van der Waals surface area (Å²) in [5.74, 6) is 2.65. The molecule has 4 rings (SSSR count). The van der Waals surface area contributed by atoms with Crippen LogP contribution < -0.4 is 0 Å². The van der Waals surface area contributed by atoms with Crippen LogP contribution in [0.1, 0.15) is 71.1 Å². The second kappa shape index (κ2) is 6.57. The van der Waals surface area contributed by atoms with Crippen molar-refractivity contribution in [2.75, 3.05) is 0 Å². The molecule has 0 radical (unpaired) electrons. The Bertz CT molecular complexity index is 532. The van der Waals surface area contributed by atoms with Crippen LogP contribution in [0, 0.1) is 34.5 Å². The minimum Gasteiger partial charge on any atom is -0.393 e. The van der Waals surface area contributed by atoms with Crippen molar-refractivity contribution in [3.8, 4) is 0 Å². The molecule has 150 valence electrons. The lowest BCUT2D eigenvalue weighted by Crippen LogP contribution is -2.61. The number of hydrogen-bond donors (Lipinski definition) is 2. The van der Waals surface area contributed by atoms with Crippen LogP contribution in [0.25, 0.3) is 0 Å².